The fourth-order valence-corrected chi connectivity index (χ4v) is 14.9. The first-order valence-electron chi connectivity index (χ1n) is 44.4. The van der Waals surface area contributed by atoms with Crippen LogP contribution in [0.25, 0.3) is 0 Å². The van der Waals surface area contributed by atoms with Crippen molar-refractivity contribution in [1.29, 1.82) is 0 Å². The number of rotatable bonds is 84. The Morgan fingerprint density at radius 2 is 0.486 bits per heavy atom. The van der Waals surface area contributed by atoms with Gasteiger partial charge in [-0.05, 0) is 43.4 Å². The van der Waals surface area contributed by atoms with Gasteiger partial charge in [-0.1, -0.05) is 402 Å². The van der Waals surface area contributed by atoms with Crippen LogP contribution >= 0.6 is 15.6 Å². The number of aliphatic hydroxyl groups excluding tert-OH is 1. The highest BCUT2D eigenvalue weighted by atomic mass is 31.2. The van der Waals surface area contributed by atoms with E-state index >= 15 is 0 Å². The topological polar surface area (TPSA) is 237 Å². The summed E-state index contributed by atoms with van der Waals surface area (Å²) in [5.74, 6) is 0.188. The summed E-state index contributed by atoms with van der Waals surface area (Å²) >= 11 is 0. The number of carbonyl (C=O) groups excluding carboxylic acids is 4. The molecule has 0 saturated heterocycles. The molecule has 0 aromatic rings. The van der Waals surface area contributed by atoms with Gasteiger partial charge in [0.2, 0.25) is 0 Å². The molecule has 19 heteroatoms. The van der Waals surface area contributed by atoms with Gasteiger partial charge in [0.1, 0.15) is 19.3 Å². The summed E-state index contributed by atoms with van der Waals surface area (Å²) in [6, 6.07) is 0. The van der Waals surface area contributed by atoms with Gasteiger partial charge < -0.3 is 33.8 Å². The average Bonchev–Trinajstić information content (AvgIpc) is 0.906. The second-order valence-electron chi connectivity index (χ2n) is 32.1. The number of aliphatic hydroxyl groups is 1. The van der Waals surface area contributed by atoms with Crippen LogP contribution < -0.4 is 0 Å². The minimum Gasteiger partial charge on any atom is -0.462 e. The highest BCUT2D eigenvalue weighted by Gasteiger charge is 2.30. The third-order valence-corrected chi connectivity index (χ3v) is 22.4. The van der Waals surface area contributed by atoms with E-state index in [2.05, 4.69) is 48.5 Å². The van der Waals surface area contributed by atoms with Gasteiger partial charge in [-0.2, -0.15) is 0 Å². The van der Waals surface area contributed by atoms with Crippen LogP contribution in [0.3, 0.4) is 0 Å². The lowest BCUT2D eigenvalue weighted by molar-refractivity contribution is -0.161. The van der Waals surface area contributed by atoms with Crippen molar-refractivity contribution in [3.05, 3.63) is 0 Å². The first kappa shape index (κ1) is 103. The van der Waals surface area contributed by atoms with Crippen LogP contribution in [0.4, 0.5) is 0 Å². The van der Waals surface area contributed by atoms with E-state index in [1.54, 1.807) is 0 Å². The van der Waals surface area contributed by atoms with Crippen molar-refractivity contribution in [2.45, 2.75) is 471 Å². The maximum Gasteiger partial charge on any atom is 0.472 e. The molecule has 0 radical (unpaired) electrons. The quantitative estimate of drug-likeness (QED) is 0.0222. The number of ether oxygens (including phenoxy) is 4. The van der Waals surface area contributed by atoms with Crippen LogP contribution in [0.5, 0.6) is 0 Å². The van der Waals surface area contributed by atoms with Crippen molar-refractivity contribution in [2.24, 2.45) is 17.8 Å². The Hall–Kier alpha value is -1.94. The SMILES string of the molecule is CCCCCCCCCCCCCCCCCCCCCCCCC(=O)O[C@H](COC(=O)CCCCCCCCCCCCCCCCCCCCC(C)C)COP(=O)(O)OC[C@@H](O)COP(=O)(O)OC[C@@H](COC(=O)CCCCCCCCCC(C)C)OC(=O)CCCCCCCCCCC(C)CC. The van der Waals surface area contributed by atoms with Crippen molar-refractivity contribution in [2.75, 3.05) is 39.6 Å². The average molecular weight is 1540 g/mol. The Labute approximate surface area is 645 Å². The van der Waals surface area contributed by atoms with E-state index in [9.17, 15) is 43.2 Å². The molecule has 0 rings (SSSR count). The minimum atomic E-state index is -4.97. The maximum absolute atomic E-state index is 13.1. The van der Waals surface area contributed by atoms with Crippen LogP contribution in [-0.2, 0) is 65.4 Å². The van der Waals surface area contributed by atoms with E-state index in [0.29, 0.717) is 31.6 Å². The monoisotopic (exact) mass is 1540 g/mol. The van der Waals surface area contributed by atoms with Gasteiger partial charge in [0.25, 0.3) is 0 Å². The van der Waals surface area contributed by atoms with Gasteiger partial charge >= 0.3 is 39.5 Å². The Balaban J connectivity index is 5.20. The summed E-state index contributed by atoms with van der Waals surface area (Å²) in [5.41, 5.74) is 0. The maximum atomic E-state index is 13.1. The second-order valence-corrected chi connectivity index (χ2v) is 35.0. The lowest BCUT2D eigenvalue weighted by atomic mass is 9.99. The van der Waals surface area contributed by atoms with Gasteiger partial charge in [-0.3, -0.25) is 37.3 Å². The standard InChI is InChI=1S/C86H168O17P2/c1-8-10-11-12-13-14-15-16-17-18-19-20-21-22-27-30-33-36-39-47-55-62-69-85(90)102-81(73-96-83(88)67-60-53-46-38-35-32-29-26-24-23-25-28-31-34-37-43-50-57-64-77(3)4)75-100-104(92,93)98-71-80(87)72-99-105(94,95)101-76-82(74-97-84(89)68-61-54-49-42-44-51-58-65-78(5)6)103-86(91)70-63-56-48-41-40-45-52-59-66-79(7)9-2/h77-82,87H,8-76H2,1-7H3,(H,92,93)(H,94,95)/t79?,80-,81-,82-/m1/s1. The molecule has 3 unspecified atom stereocenters. The number of esters is 4. The third kappa shape index (κ3) is 78.5. The first-order chi connectivity index (χ1) is 50.8. The highest BCUT2D eigenvalue weighted by molar-refractivity contribution is 7.47. The molecular weight excluding hydrogens is 1370 g/mol. The Morgan fingerprint density at radius 1 is 0.276 bits per heavy atom. The normalized spacial score (nSPS) is 14.1. The van der Waals surface area contributed by atoms with E-state index in [1.807, 2.05) is 0 Å². The fourth-order valence-electron chi connectivity index (χ4n) is 13.3. The summed E-state index contributed by atoms with van der Waals surface area (Å²) in [6.45, 7) is 11.9. The Morgan fingerprint density at radius 3 is 0.724 bits per heavy atom. The molecule has 0 aromatic heterocycles. The third-order valence-electron chi connectivity index (χ3n) is 20.5. The number of unbranched alkanes of at least 4 members (excludes halogenated alkanes) is 51. The number of phosphoric ester groups is 2. The smallest absolute Gasteiger partial charge is 0.462 e. The molecule has 0 fully saturated rings. The number of hydrogen-bond acceptors (Lipinski definition) is 15. The summed E-state index contributed by atoms with van der Waals surface area (Å²) in [4.78, 5) is 73.1. The predicted octanol–water partition coefficient (Wildman–Crippen LogP) is 26.1. The number of phosphoric acid groups is 2. The first-order valence-corrected chi connectivity index (χ1v) is 47.4. The molecule has 0 heterocycles. The number of carbonyl (C=O) groups is 4. The lowest BCUT2D eigenvalue weighted by Crippen LogP contribution is -2.30. The van der Waals surface area contributed by atoms with Crippen LogP contribution in [0.2, 0.25) is 0 Å². The van der Waals surface area contributed by atoms with Crippen molar-refractivity contribution >= 4 is 39.5 Å². The molecule has 6 atom stereocenters. The molecular formula is C86H168O17P2. The predicted molar refractivity (Wildman–Crippen MR) is 432 cm³/mol. The molecule has 0 saturated carbocycles. The van der Waals surface area contributed by atoms with Gasteiger partial charge in [0.15, 0.2) is 12.2 Å². The van der Waals surface area contributed by atoms with Crippen molar-refractivity contribution in [3.8, 4) is 0 Å². The molecule has 0 aliphatic carbocycles. The van der Waals surface area contributed by atoms with Gasteiger partial charge in [-0.25, -0.2) is 9.13 Å². The van der Waals surface area contributed by atoms with E-state index in [0.717, 1.165) is 108 Å². The summed E-state index contributed by atoms with van der Waals surface area (Å²) in [6.07, 6.45) is 67.0. The van der Waals surface area contributed by atoms with E-state index in [4.69, 9.17) is 37.0 Å². The van der Waals surface area contributed by atoms with Crippen LogP contribution in [0.15, 0.2) is 0 Å². The number of hydrogen-bond donors (Lipinski definition) is 3. The Kier molecular flexibility index (Phi) is 74.7. The van der Waals surface area contributed by atoms with Crippen molar-refractivity contribution < 1.29 is 80.2 Å². The van der Waals surface area contributed by atoms with Crippen LogP contribution in [0.1, 0.15) is 453 Å². The van der Waals surface area contributed by atoms with Gasteiger partial charge in [-0.15, -0.1) is 0 Å². The Bertz CT molecular complexity index is 2030. The molecule has 0 aliphatic heterocycles. The molecule has 0 aliphatic rings. The zero-order valence-electron chi connectivity index (χ0n) is 69.2. The zero-order valence-corrected chi connectivity index (χ0v) is 71.0. The van der Waals surface area contributed by atoms with Crippen LogP contribution in [-0.4, -0.2) is 96.7 Å². The van der Waals surface area contributed by atoms with Gasteiger partial charge in [0, 0.05) is 25.7 Å². The summed E-state index contributed by atoms with van der Waals surface area (Å²) in [5, 5.41) is 10.7. The molecule has 0 amide bonds. The van der Waals surface area contributed by atoms with Crippen molar-refractivity contribution in [3.63, 3.8) is 0 Å². The highest BCUT2D eigenvalue weighted by Crippen LogP contribution is 2.45. The lowest BCUT2D eigenvalue weighted by Gasteiger charge is -2.21. The molecule has 17 nitrogen and oxygen atoms in total. The molecule has 105 heavy (non-hydrogen) atoms. The van der Waals surface area contributed by atoms with Crippen molar-refractivity contribution in [1.82, 2.24) is 0 Å². The summed E-state index contributed by atoms with van der Waals surface area (Å²) < 4.78 is 68.8. The molecule has 0 bridgehead atoms. The van der Waals surface area contributed by atoms with Crippen LogP contribution in [0, 0.1) is 17.8 Å². The zero-order chi connectivity index (χ0) is 77.2. The molecule has 624 valence electrons. The van der Waals surface area contributed by atoms with E-state index in [1.165, 1.54) is 257 Å². The minimum absolute atomic E-state index is 0.104. The van der Waals surface area contributed by atoms with E-state index in [-0.39, 0.29) is 25.7 Å². The second kappa shape index (κ2) is 76.1. The van der Waals surface area contributed by atoms with E-state index < -0.39 is 97.5 Å². The molecule has 0 aromatic carbocycles. The van der Waals surface area contributed by atoms with Gasteiger partial charge in [0.05, 0.1) is 26.4 Å². The molecule has 0 spiro atoms. The fraction of sp³-hybridized carbons (Fsp3) is 0.953. The summed E-state index contributed by atoms with van der Waals surface area (Å²) in [7, 11) is -9.93. The largest absolute Gasteiger partial charge is 0.472 e. The molecule has 3 N–H and O–H groups in total.